The van der Waals surface area contributed by atoms with E-state index in [1.165, 1.54) is 34.3 Å². The van der Waals surface area contributed by atoms with Crippen molar-refractivity contribution in [1.29, 1.82) is 0 Å². The highest BCUT2D eigenvalue weighted by atomic mass is 16.5. The van der Waals surface area contributed by atoms with E-state index in [0.717, 1.165) is 51.4 Å². The average molecular weight is 455 g/mol. The van der Waals surface area contributed by atoms with Gasteiger partial charge in [0, 0.05) is 0 Å². The summed E-state index contributed by atoms with van der Waals surface area (Å²) < 4.78 is 5.66. The Labute approximate surface area is 202 Å². The maximum atomic E-state index is 11.0. The van der Waals surface area contributed by atoms with Gasteiger partial charge in [0.2, 0.25) is 0 Å². The monoisotopic (exact) mass is 454 g/mol. The smallest absolute Gasteiger partial charge is 0.333 e. The SMILES string of the molecule is C=C(C(=O)O)[C@H]1CC/C(=C\CC/C(C)=C/CC/C=C(\C)CC/C=C(\C)CCC=C(C)C)CO1. The molecule has 0 amide bonds. The maximum Gasteiger partial charge on any atom is 0.333 e. The molecular formula is C30H46O3. The van der Waals surface area contributed by atoms with Crippen LogP contribution >= 0.6 is 0 Å². The molecule has 1 aliphatic rings. The van der Waals surface area contributed by atoms with Crippen molar-refractivity contribution >= 4 is 5.97 Å². The molecule has 0 aromatic carbocycles. The zero-order valence-corrected chi connectivity index (χ0v) is 21.7. The predicted octanol–water partition coefficient (Wildman–Crippen LogP) is 8.66. The third kappa shape index (κ3) is 13.9. The van der Waals surface area contributed by atoms with Crippen molar-refractivity contribution in [3.05, 3.63) is 70.4 Å². The summed E-state index contributed by atoms with van der Waals surface area (Å²) in [5.41, 5.74) is 7.26. The topological polar surface area (TPSA) is 46.5 Å². The van der Waals surface area contributed by atoms with Gasteiger partial charge < -0.3 is 9.84 Å². The van der Waals surface area contributed by atoms with Crippen LogP contribution in [0.3, 0.4) is 0 Å². The zero-order valence-electron chi connectivity index (χ0n) is 21.7. The minimum atomic E-state index is -0.962. The van der Waals surface area contributed by atoms with Gasteiger partial charge in [0.05, 0.1) is 18.3 Å². The van der Waals surface area contributed by atoms with Gasteiger partial charge in [-0.05, 0) is 104 Å². The molecule has 1 atom stereocenters. The highest BCUT2D eigenvalue weighted by Gasteiger charge is 2.23. The summed E-state index contributed by atoms with van der Waals surface area (Å²) >= 11 is 0. The van der Waals surface area contributed by atoms with Crippen LogP contribution in [-0.2, 0) is 9.53 Å². The third-order valence-electron chi connectivity index (χ3n) is 6.11. The number of allylic oxidation sites excluding steroid dienone is 9. The van der Waals surface area contributed by atoms with Crippen molar-refractivity contribution in [1.82, 2.24) is 0 Å². The molecule has 3 heteroatoms. The second-order valence-electron chi connectivity index (χ2n) is 9.66. The molecule has 0 aromatic heterocycles. The number of aliphatic carboxylic acids is 1. The molecule has 1 heterocycles. The molecule has 1 aliphatic heterocycles. The lowest BCUT2D eigenvalue weighted by Crippen LogP contribution is -2.26. The Morgan fingerprint density at radius 2 is 1.39 bits per heavy atom. The number of carboxylic acids is 1. The highest BCUT2D eigenvalue weighted by Crippen LogP contribution is 2.23. The molecule has 3 nitrogen and oxygen atoms in total. The lowest BCUT2D eigenvalue weighted by molar-refractivity contribution is -0.134. The molecule has 0 unspecified atom stereocenters. The van der Waals surface area contributed by atoms with Crippen molar-refractivity contribution in [2.45, 2.75) is 105 Å². The van der Waals surface area contributed by atoms with Gasteiger partial charge in [0.15, 0.2) is 0 Å². The van der Waals surface area contributed by atoms with Crippen LogP contribution in [0.1, 0.15) is 98.8 Å². The summed E-state index contributed by atoms with van der Waals surface area (Å²) in [6.07, 6.45) is 21.9. The number of ether oxygens (including phenoxy) is 1. The first kappa shape index (κ1) is 28.9. The lowest BCUT2D eigenvalue weighted by Gasteiger charge is -2.24. The Morgan fingerprint density at radius 1 is 0.879 bits per heavy atom. The molecule has 1 rings (SSSR count). The standard InChI is InChI=1S/C30H46O3/c1-23(2)12-9-15-26(5)17-10-16-24(3)13-7-8-14-25(4)18-11-19-28-20-21-29(33-22-28)27(6)30(31)32/h12-14,17,19,29H,6-11,15-16,18,20-22H2,1-5H3,(H,31,32)/b24-13+,25-14+,26-17+,28-19+/t29-/m1/s1. The average Bonchev–Trinajstić information content (AvgIpc) is 2.76. The van der Waals surface area contributed by atoms with Gasteiger partial charge in [-0.1, -0.05) is 59.3 Å². The van der Waals surface area contributed by atoms with E-state index in [2.05, 4.69) is 71.6 Å². The largest absolute Gasteiger partial charge is 0.478 e. The van der Waals surface area contributed by atoms with Crippen LogP contribution in [0.5, 0.6) is 0 Å². The van der Waals surface area contributed by atoms with Crippen LogP contribution in [0.4, 0.5) is 0 Å². The van der Waals surface area contributed by atoms with Gasteiger partial charge in [-0.2, -0.15) is 0 Å². The first-order chi connectivity index (χ1) is 15.7. The van der Waals surface area contributed by atoms with Crippen molar-refractivity contribution in [2.75, 3.05) is 6.61 Å². The van der Waals surface area contributed by atoms with Crippen LogP contribution in [0.15, 0.2) is 70.4 Å². The Hall–Kier alpha value is -2.13. The minimum absolute atomic E-state index is 0.166. The van der Waals surface area contributed by atoms with E-state index in [0.29, 0.717) is 13.0 Å². The number of rotatable bonds is 14. The molecule has 184 valence electrons. The van der Waals surface area contributed by atoms with Crippen LogP contribution in [0.25, 0.3) is 0 Å². The minimum Gasteiger partial charge on any atom is -0.478 e. The van der Waals surface area contributed by atoms with E-state index in [1.807, 2.05) is 0 Å². The number of unbranched alkanes of at least 4 members (excludes halogenated alkanes) is 1. The van der Waals surface area contributed by atoms with E-state index in [9.17, 15) is 4.79 Å². The van der Waals surface area contributed by atoms with Crippen molar-refractivity contribution in [2.24, 2.45) is 0 Å². The van der Waals surface area contributed by atoms with Gasteiger partial charge in [-0.15, -0.1) is 0 Å². The van der Waals surface area contributed by atoms with E-state index in [1.54, 1.807) is 0 Å². The second-order valence-corrected chi connectivity index (χ2v) is 9.66. The molecule has 1 fully saturated rings. The van der Waals surface area contributed by atoms with E-state index in [-0.39, 0.29) is 11.7 Å². The van der Waals surface area contributed by atoms with Gasteiger partial charge >= 0.3 is 5.97 Å². The fourth-order valence-electron chi connectivity index (χ4n) is 3.86. The van der Waals surface area contributed by atoms with Crippen LogP contribution < -0.4 is 0 Å². The summed E-state index contributed by atoms with van der Waals surface area (Å²) in [5, 5.41) is 9.01. The number of carbonyl (C=O) groups is 1. The normalized spacial score (nSPS) is 19.0. The predicted molar refractivity (Wildman–Crippen MR) is 141 cm³/mol. The van der Waals surface area contributed by atoms with Gasteiger partial charge in [-0.25, -0.2) is 4.79 Å². The Kier molecular flexibility index (Phi) is 14.4. The van der Waals surface area contributed by atoms with Gasteiger partial charge in [-0.3, -0.25) is 0 Å². The van der Waals surface area contributed by atoms with Crippen LogP contribution in [0, 0.1) is 0 Å². The summed E-state index contributed by atoms with van der Waals surface area (Å²) in [6, 6.07) is 0. The molecule has 1 saturated heterocycles. The summed E-state index contributed by atoms with van der Waals surface area (Å²) in [5.74, 6) is -0.962. The fraction of sp³-hybridized carbons (Fsp3) is 0.567. The first-order valence-electron chi connectivity index (χ1n) is 12.5. The summed E-state index contributed by atoms with van der Waals surface area (Å²) in [7, 11) is 0. The summed E-state index contributed by atoms with van der Waals surface area (Å²) in [4.78, 5) is 11.0. The van der Waals surface area contributed by atoms with Crippen molar-refractivity contribution < 1.29 is 14.6 Å². The molecule has 0 saturated carbocycles. The number of carboxylic acid groups (broad SMARTS) is 1. The summed E-state index contributed by atoms with van der Waals surface area (Å²) in [6.45, 7) is 15.2. The van der Waals surface area contributed by atoms with Crippen LogP contribution in [0.2, 0.25) is 0 Å². The Balaban J connectivity index is 2.23. The molecule has 0 radical (unpaired) electrons. The molecule has 33 heavy (non-hydrogen) atoms. The van der Waals surface area contributed by atoms with Gasteiger partial charge in [0.1, 0.15) is 0 Å². The Morgan fingerprint density at radius 3 is 1.88 bits per heavy atom. The fourth-order valence-corrected chi connectivity index (χ4v) is 3.86. The third-order valence-corrected chi connectivity index (χ3v) is 6.11. The van der Waals surface area contributed by atoms with E-state index >= 15 is 0 Å². The lowest BCUT2D eigenvalue weighted by atomic mass is 9.98. The first-order valence-corrected chi connectivity index (χ1v) is 12.5. The second kappa shape index (κ2) is 16.5. The molecule has 0 spiro atoms. The van der Waals surface area contributed by atoms with Crippen LogP contribution in [-0.4, -0.2) is 23.8 Å². The molecule has 0 bridgehead atoms. The van der Waals surface area contributed by atoms with E-state index < -0.39 is 5.97 Å². The molecular weight excluding hydrogens is 408 g/mol. The number of hydrogen-bond acceptors (Lipinski definition) is 2. The molecule has 0 aromatic rings. The zero-order chi connectivity index (χ0) is 24.6. The van der Waals surface area contributed by atoms with Crippen molar-refractivity contribution in [3.8, 4) is 0 Å². The quantitative estimate of drug-likeness (QED) is 0.162. The molecule has 1 N–H and O–H groups in total. The maximum absolute atomic E-state index is 11.0. The van der Waals surface area contributed by atoms with Crippen molar-refractivity contribution in [3.63, 3.8) is 0 Å². The molecule has 0 aliphatic carbocycles. The number of hydrogen-bond donors (Lipinski definition) is 1. The van der Waals surface area contributed by atoms with E-state index in [4.69, 9.17) is 9.84 Å². The highest BCUT2D eigenvalue weighted by molar-refractivity contribution is 5.86. The Bertz CT molecular complexity index is 775. The van der Waals surface area contributed by atoms with Gasteiger partial charge in [0.25, 0.3) is 0 Å².